The summed E-state index contributed by atoms with van der Waals surface area (Å²) in [5, 5.41) is -1.47. The van der Waals surface area contributed by atoms with Gasteiger partial charge in [0.2, 0.25) is 5.82 Å². The summed E-state index contributed by atoms with van der Waals surface area (Å²) in [6.45, 7) is 3.28. The van der Waals surface area contributed by atoms with Gasteiger partial charge in [-0.05, 0) is 5.31 Å². The molecule has 0 aromatic heterocycles. The molecule has 0 radical (unpaired) electrons. The van der Waals surface area contributed by atoms with Gasteiger partial charge < -0.3 is 0 Å². The van der Waals surface area contributed by atoms with Gasteiger partial charge in [-0.3, -0.25) is 0 Å². The molecule has 2 aromatic rings. The van der Waals surface area contributed by atoms with E-state index in [0.717, 1.165) is 0 Å². The van der Waals surface area contributed by atoms with Crippen LogP contribution in [-0.4, -0.2) is 7.85 Å². The molecule has 2 aromatic carbocycles. The first-order valence-electron chi connectivity index (χ1n) is 8.82. The van der Waals surface area contributed by atoms with Crippen LogP contribution in [0.25, 0.3) is 11.1 Å². The number of hydrogen-bond acceptors (Lipinski definition) is 0. The average Bonchev–Trinajstić information content (AvgIpc) is 2.67. The molecule has 0 aliphatic heterocycles. The van der Waals surface area contributed by atoms with Crippen LogP contribution in [-0.2, 0) is 5.31 Å². The van der Waals surface area contributed by atoms with E-state index in [-0.39, 0.29) is 12.8 Å². The van der Waals surface area contributed by atoms with E-state index < -0.39 is 74.4 Å². The van der Waals surface area contributed by atoms with Crippen LogP contribution >= 0.6 is 0 Å². The molecule has 2 rings (SSSR count). The van der Waals surface area contributed by atoms with Gasteiger partial charge in [-0.1, -0.05) is 39.5 Å². The maximum Gasteiger partial charge on any atom is 0.200 e. The second-order valence-corrected chi connectivity index (χ2v) is 7.01. The normalized spacial score (nSPS) is 12.0. The lowest BCUT2D eigenvalue weighted by Gasteiger charge is -2.33. The molecule has 10 heteroatoms. The third-order valence-corrected chi connectivity index (χ3v) is 4.93. The molecule has 0 heterocycles. The van der Waals surface area contributed by atoms with E-state index in [1.807, 2.05) is 0 Å². The highest BCUT2D eigenvalue weighted by atomic mass is 19.2. The molecule has 0 fully saturated rings. The second kappa shape index (κ2) is 8.32. The van der Waals surface area contributed by atoms with Crippen molar-refractivity contribution in [1.82, 2.24) is 0 Å². The van der Waals surface area contributed by atoms with Crippen LogP contribution in [0, 0.1) is 52.4 Å². The van der Waals surface area contributed by atoms with Gasteiger partial charge in [-0.25, -0.2) is 39.5 Å². The molecule has 0 amide bonds. The van der Waals surface area contributed by atoms with Crippen LogP contribution in [0.2, 0.25) is 0 Å². The van der Waals surface area contributed by atoms with E-state index >= 15 is 0 Å². The zero-order valence-electron chi connectivity index (χ0n) is 15.7. The Morgan fingerprint density at radius 2 is 0.828 bits per heavy atom. The van der Waals surface area contributed by atoms with E-state index in [9.17, 15) is 39.5 Å². The summed E-state index contributed by atoms with van der Waals surface area (Å²) in [7, 11) is 1.32. The van der Waals surface area contributed by atoms with Crippen molar-refractivity contribution in [3.63, 3.8) is 0 Å². The van der Waals surface area contributed by atoms with Crippen molar-refractivity contribution >= 4 is 7.85 Å². The number of benzene rings is 2. The first-order valence-corrected chi connectivity index (χ1v) is 8.82. The Morgan fingerprint density at radius 1 is 0.517 bits per heavy atom. The van der Waals surface area contributed by atoms with E-state index in [2.05, 4.69) is 0 Å². The first kappa shape index (κ1) is 23.2. The van der Waals surface area contributed by atoms with Crippen LogP contribution in [0.4, 0.5) is 39.5 Å². The van der Waals surface area contributed by atoms with Crippen molar-refractivity contribution < 1.29 is 39.5 Å². The largest absolute Gasteiger partial charge is 0.203 e. The monoisotopic (exact) mass is 426 g/mol. The Balaban J connectivity index is 3.13. The summed E-state index contributed by atoms with van der Waals surface area (Å²) in [6, 6.07) is 0. The van der Waals surface area contributed by atoms with Crippen LogP contribution in [0.1, 0.15) is 45.1 Å². The predicted molar refractivity (Wildman–Crippen MR) is 91.5 cm³/mol. The minimum absolute atomic E-state index is 0.0463. The van der Waals surface area contributed by atoms with Crippen LogP contribution in [0.3, 0.4) is 0 Å². The molecule has 0 atom stereocenters. The van der Waals surface area contributed by atoms with Gasteiger partial charge in [-0.15, -0.1) is 0 Å². The zero-order chi connectivity index (χ0) is 22.3. The van der Waals surface area contributed by atoms with E-state index in [4.69, 9.17) is 0 Å². The summed E-state index contributed by atoms with van der Waals surface area (Å²) < 4.78 is 127. The molecule has 0 N–H and O–H groups in total. The van der Waals surface area contributed by atoms with E-state index in [0.29, 0.717) is 12.8 Å². The van der Waals surface area contributed by atoms with E-state index in [1.165, 1.54) is 7.85 Å². The van der Waals surface area contributed by atoms with Crippen molar-refractivity contribution in [3.05, 3.63) is 57.9 Å². The lowest BCUT2D eigenvalue weighted by Crippen LogP contribution is -2.30. The highest BCUT2D eigenvalue weighted by Crippen LogP contribution is 2.45. The lowest BCUT2D eigenvalue weighted by atomic mass is 9.57. The second-order valence-electron chi connectivity index (χ2n) is 7.01. The van der Waals surface area contributed by atoms with Gasteiger partial charge in [0.15, 0.2) is 46.5 Å². The first-order chi connectivity index (χ1) is 13.4. The van der Waals surface area contributed by atoms with Gasteiger partial charge in [0.25, 0.3) is 0 Å². The fourth-order valence-corrected chi connectivity index (χ4v) is 3.74. The molecule has 158 valence electrons. The maximum absolute atomic E-state index is 14.8. The van der Waals surface area contributed by atoms with Gasteiger partial charge in [0.1, 0.15) is 7.85 Å². The smallest absolute Gasteiger partial charge is 0.200 e. The molecule has 29 heavy (non-hydrogen) atoms. The van der Waals surface area contributed by atoms with Crippen molar-refractivity contribution in [2.75, 3.05) is 0 Å². The molecular weight excluding hydrogens is 410 g/mol. The third kappa shape index (κ3) is 3.61. The number of rotatable bonds is 6. The molecule has 0 saturated heterocycles. The Bertz CT molecular complexity index is 921. The molecule has 0 unspecified atom stereocenters. The number of halogens is 9. The lowest BCUT2D eigenvalue weighted by molar-refractivity contribution is 0.374. The maximum atomic E-state index is 14.8. The SMILES string of the molecule is BC(CCC)(CCC)c1c(F)c(F)c(F)c(F)c1-c1c(F)c(F)c(F)c(F)c1F. The fourth-order valence-electron chi connectivity index (χ4n) is 3.74. The summed E-state index contributed by atoms with van der Waals surface area (Å²) in [6.07, 6.45) is 0.746. The molecule has 0 aliphatic rings. The average molecular weight is 426 g/mol. The molecule has 0 nitrogen and oxygen atoms in total. The summed E-state index contributed by atoms with van der Waals surface area (Å²) >= 11 is 0. The minimum atomic E-state index is -2.52. The molecule has 0 bridgehead atoms. The van der Waals surface area contributed by atoms with Gasteiger partial charge >= 0.3 is 0 Å². The Morgan fingerprint density at radius 3 is 1.21 bits per heavy atom. The minimum Gasteiger partial charge on any atom is -0.203 e. The van der Waals surface area contributed by atoms with Gasteiger partial charge in [0.05, 0.1) is 5.56 Å². The van der Waals surface area contributed by atoms with Gasteiger partial charge in [0, 0.05) is 11.1 Å². The quantitative estimate of drug-likeness (QED) is 0.229. The molecule has 0 saturated carbocycles. The molecular formula is C19H16BF9. The zero-order valence-corrected chi connectivity index (χ0v) is 15.7. The Labute approximate surface area is 162 Å². The predicted octanol–water partition coefficient (Wildman–Crippen LogP) is 6.03. The van der Waals surface area contributed by atoms with Crippen LogP contribution in [0.15, 0.2) is 0 Å². The van der Waals surface area contributed by atoms with Crippen molar-refractivity contribution in [2.24, 2.45) is 0 Å². The summed E-state index contributed by atoms with van der Waals surface area (Å²) in [5.74, 6) is -21.1. The van der Waals surface area contributed by atoms with Crippen LogP contribution in [0.5, 0.6) is 0 Å². The summed E-state index contributed by atoms with van der Waals surface area (Å²) in [4.78, 5) is 0. The van der Waals surface area contributed by atoms with Crippen molar-refractivity contribution in [2.45, 2.75) is 44.8 Å². The summed E-state index contributed by atoms with van der Waals surface area (Å²) in [5.41, 5.74) is -4.33. The van der Waals surface area contributed by atoms with E-state index in [1.54, 1.807) is 13.8 Å². The van der Waals surface area contributed by atoms with Gasteiger partial charge in [-0.2, -0.15) is 0 Å². The Kier molecular flexibility index (Phi) is 6.64. The van der Waals surface area contributed by atoms with Crippen molar-refractivity contribution in [3.8, 4) is 11.1 Å². The molecule has 0 aliphatic carbocycles. The molecule has 0 spiro atoms. The number of hydrogen-bond donors (Lipinski definition) is 0. The van der Waals surface area contributed by atoms with Crippen molar-refractivity contribution in [1.29, 1.82) is 0 Å². The standard InChI is InChI=1S/C19H16BF9/c1-3-5-19(20,6-4-2)9-7(10(21)14(25)17(28)13(9)24)8-11(22)15(26)18(29)16(27)12(8)23/h3-6,20H2,1-2H3. The topological polar surface area (TPSA) is 0 Å². The highest BCUT2D eigenvalue weighted by molar-refractivity contribution is 6.16. The fraction of sp³-hybridized carbons (Fsp3) is 0.368. The Hall–Kier alpha value is -2.13. The third-order valence-electron chi connectivity index (χ3n) is 4.93. The highest BCUT2D eigenvalue weighted by Gasteiger charge is 2.40. The van der Waals surface area contributed by atoms with Crippen LogP contribution < -0.4 is 0 Å².